The maximum atomic E-state index is 9.91. The van der Waals surface area contributed by atoms with Crippen LogP contribution in [0.4, 0.5) is 9.59 Å². The summed E-state index contributed by atoms with van der Waals surface area (Å²) >= 11 is 3.87. The highest BCUT2D eigenvalue weighted by Crippen LogP contribution is 1.99. The van der Waals surface area contributed by atoms with Crippen molar-refractivity contribution in [3.63, 3.8) is 0 Å². The largest absolute Gasteiger partial charge is 0.351 e. The predicted octanol–water partition coefficient (Wildman–Crippen LogP) is 0.353. The third kappa shape index (κ3) is 5.64. The lowest BCUT2D eigenvalue weighted by atomic mass is 11.2. The zero-order chi connectivity index (χ0) is 6.57. The molecule has 8 heavy (non-hydrogen) atoms. The molecule has 0 aromatic heterocycles. The van der Waals surface area contributed by atoms with E-state index in [0.717, 1.165) is 0 Å². The smallest absolute Gasteiger partial charge is 0.322 e. The summed E-state index contributed by atoms with van der Waals surface area (Å²) in [5.74, 6) is 0. The first-order valence-corrected chi connectivity index (χ1v) is 2.84. The van der Waals surface area contributed by atoms with Crippen molar-refractivity contribution < 1.29 is 9.59 Å². The van der Waals surface area contributed by atoms with Gasteiger partial charge in [-0.2, -0.15) is 0 Å². The number of nitrogens with one attached hydrogen (secondary N) is 1. The quantitative estimate of drug-likeness (QED) is 0.346. The zero-order valence-electron chi connectivity index (χ0n) is 3.75. The summed E-state index contributed by atoms with van der Waals surface area (Å²) in [6.07, 6.45) is 0. The number of rotatable bonds is 0. The van der Waals surface area contributed by atoms with Crippen LogP contribution in [0.3, 0.4) is 0 Å². The van der Waals surface area contributed by atoms with Crippen molar-refractivity contribution in [2.24, 2.45) is 5.73 Å². The van der Waals surface area contributed by atoms with Gasteiger partial charge in [0.1, 0.15) is 0 Å². The number of nitrogens with two attached hydrogens (primary N) is 1. The van der Waals surface area contributed by atoms with Crippen LogP contribution in [-0.4, -0.2) is 10.5 Å². The Labute approximate surface area is 55.7 Å². The van der Waals surface area contributed by atoms with Gasteiger partial charge in [-0.25, -0.2) is 4.79 Å². The van der Waals surface area contributed by atoms with Crippen molar-refractivity contribution in [2.45, 2.75) is 0 Å². The number of primary amides is 1. The number of amides is 2. The first-order chi connectivity index (χ1) is 3.63. The molecule has 0 heterocycles. The van der Waals surface area contributed by atoms with Crippen LogP contribution in [0.25, 0.3) is 0 Å². The first-order valence-electron chi connectivity index (χ1n) is 1.58. The Morgan fingerprint density at radius 2 is 2.12 bits per heavy atom. The molecule has 0 bridgehead atoms. The normalized spacial score (nSPS) is 8.12. The van der Waals surface area contributed by atoms with Crippen LogP contribution in [0.5, 0.6) is 0 Å². The average molecular weight is 152 g/mol. The highest BCUT2D eigenvalue weighted by atomic mass is 32.2. The van der Waals surface area contributed by atoms with Crippen LogP contribution in [0.2, 0.25) is 0 Å². The van der Waals surface area contributed by atoms with Gasteiger partial charge in [-0.3, -0.25) is 9.52 Å². The molecule has 2 amide bonds. The fourth-order valence-electron chi connectivity index (χ4n) is 0.0940. The summed E-state index contributed by atoms with van der Waals surface area (Å²) in [7, 11) is 0. The molecule has 6 heteroatoms. The molecule has 0 aliphatic heterocycles. The second kappa shape index (κ2) is 3.62. The summed E-state index contributed by atoms with van der Waals surface area (Å²) in [6, 6.07) is -0.752. The SMILES string of the molecule is NC(=O)NSC(=O)S. The number of urea groups is 1. The minimum Gasteiger partial charge on any atom is -0.351 e. The molecule has 0 aromatic carbocycles. The Bertz CT molecular complexity index is 101. The molecule has 0 aliphatic rings. The highest BCUT2D eigenvalue weighted by molar-refractivity contribution is 8.31. The van der Waals surface area contributed by atoms with Crippen molar-refractivity contribution in [3.05, 3.63) is 0 Å². The van der Waals surface area contributed by atoms with E-state index in [1.165, 1.54) is 0 Å². The first kappa shape index (κ1) is 7.64. The van der Waals surface area contributed by atoms with E-state index in [1.807, 2.05) is 4.72 Å². The molecule has 0 aromatic rings. The Hall–Kier alpha value is -0.360. The molecular formula is C2H4N2O2S2. The van der Waals surface area contributed by atoms with Crippen molar-refractivity contribution in [1.82, 2.24) is 4.72 Å². The van der Waals surface area contributed by atoms with E-state index in [9.17, 15) is 9.59 Å². The van der Waals surface area contributed by atoms with Gasteiger partial charge in [0.05, 0.1) is 0 Å². The third-order valence-electron chi connectivity index (χ3n) is 0.239. The molecule has 0 aliphatic carbocycles. The van der Waals surface area contributed by atoms with Crippen LogP contribution in [0.1, 0.15) is 0 Å². The van der Waals surface area contributed by atoms with E-state index >= 15 is 0 Å². The molecular weight excluding hydrogens is 148 g/mol. The number of thiol groups is 1. The second-order valence-electron chi connectivity index (χ2n) is 0.834. The van der Waals surface area contributed by atoms with Gasteiger partial charge in [0.25, 0.3) is 4.45 Å². The molecule has 4 nitrogen and oxygen atoms in total. The molecule has 46 valence electrons. The molecule has 0 unspecified atom stereocenters. The van der Waals surface area contributed by atoms with Gasteiger partial charge >= 0.3 is 6.03 Å². The lowest BCUT2D eigenvalue weighted by Crippen LogP contribution is -2.23. The monoisotopic (exact) mass is 152 g/mol. The average Bonchev–Trinajstić information content (AvgIpc) is 1.61. The fraction of sp³-hybridized carbons (Fsp3) is 0. The van der Waals surface area contributed by atoms with Gasteiger partial charge < -0.3 is 5.73 Å². The van der Waals surface area contributed by atoms with E-state index in [2.05, 4.69) is 18.4 Å². The van der Waals surface area contributed by atoms with Gasteiger partial charge in [-0.1, -0.05) is 12.6 Å². The van der Waals surface area contributed by atoms with Crippen molar-refractivity contribution in [3.8, 4) is 0 Å². The van der Waals surface area contributed by atoms with Crippen LogP contribution in [0.15, 0.2) is 0 Å². The van der Waals surface area contributed by atoms with E-state index < -0.39 is 10.5 Å². The minimum atomic E-state index is -0.752. The third-order valence-corrected chi connectivity index (χ3v) is 0.991. The van der Waals surface area contributed by atoms with Crippen LogP contribution < -0.4 is 10.5 Å². The number of carbonyl (C=O) groups excluding carboxylic acids is 2. The Kier molecular flexibility index (Phi) is 3.46. The molecule has 0 saturated heterocycles. The summed E-state index contributed by atoms with van der Waals surface area (Å²) in [5.41, 5.74) is 4.58. The fourth-order valence-corrected chi connectivity index (χ4v) is 0.419. The molecule has 0 rings (SSSR count). The summed E-state index contributed by atoms with van der Waals surface area (Å²) in [6.45, 7) is 0. The van der Waals surface area contributed by atoms with Gasteiger partial charge in [-0.05, 0) is 0 Å². The van der Waals surface area contributed by atoms with Crippen molar-refractivity contribution in [1.29, 1.82) is 0 Å². The van der Waals surface area contributed by atoms with E-state index in [1.54, 1.807) is 0 Å². The Balaban J connectivity index is 3.18. The number of hydrogen-bond acceptors (Lipinski definition) is 3. The lowest BCUT2D eigenvalue weighted by molar-refractivity contribution is 0.254. The van der Waals surface area contributed by atoms with E-state index in [-0.39, 0.29) is 0 Å². The lowest BCUT2D eigenvalue weighted by Gasteiger charge is -1.90. The van der Waals surface area contributed by atoms with Gasteiger partial charge in [0.15, 0.2) is 0 Å². The summed E-state index contributed by atoms with van der Waals surface area (Å²) in [4.78, 5) is 19.7. The molecule has 0 fully saturated rings. The summed E-state index contributed by atoms with van der Waals surface area (Å²) < 4.78 is 1.48. The van der Waals surface area contributed by atoms with E-state index in [4.69, 9.17) is 0 Å². The highest BCUT2D eigenvalue weighted by Gasteiger charge is 1.94. The van der Waals surface area contributed by atoms with Crippen molar-refractivity contribution >= 4 is 35.1 Å². The van der Waals surface area contributed by atoms with Crippen LogP contribution >= 0.6 is 24.6 Å². The minimum absolute atomic E-state index is 0.496. The maximum absolute atomic E-state index is 9.91. The van der Waals surface area contributed by atoms with Crippen molar-refractivity contribution in [2.75, 3.05) is 0 Å². The molecule has 0 saturated carbocycles. The number of carbonyl (C=O) groups is 2. The maximum Gasteiger partial charge on any atom is 0.322 e. The second-order valence-corrected chi connectivity index (χ2v) is 2.32. The van der Waals surface area contributed by atoms with Gasteiger partial charge in [-0.15, -0.1) is 0 Å². The standard InChI is InChI=1S/C2H4N2O2S2/c3-1(5)4-8-2(6)7/h(H,6,7)(H3,3,4,5). The molecule has 0 atom stereocenters. The topological polar surface area (TPSA) is 72.2 Å². The van der Waals surface area contributed by atoms with Crippen LogP contribution in [-0.2, 0) is 0 Å². The Morgan fingerprint density at radius 1 is 1.62 bits per heavy atom. The van der Waals surface area contributed by atoms with Crippen LogP contribution in [0, 0.1) is 0 Å². The molecule has 0 radical (unpaired) electrons. The number of hydrogen-bond donors (Lipinski definition) is 3. The zero-order valence-corrected chi connectivity index (χ0v) is 5.46. The van der Waals surface area contributed by atoms with Gasteiger partial charge in [0.2, 0.25) is 0 Å². The molecule has 3 N–H and O–H groups in total. The summed E-state index contributed by atoms with van der Waals surface area (Å²) in [5, 5.41) is 0. The van der Waals surface area contributed by atoms with Gasteiger partial charge in [0, 0.05) is 11.9 Å². The predicted molar refractivity (Wildman–Crippen MR) is 34.7 cm³/mol. The van der Waals surface area contributed by atoms with E-state index in [0.29, 0.717) is 11.9 Å². The Morgan fingerprint density at radius 3 is 2.25 bits per heavy atom. The molecule has 0 spiro atoms.